The SMILES string of the molecule is CC[C@H](N)c1ccccc1OCC(=O)NC1CC1. The van der Waals surface area contributed by atoms with Gasteiger partial charge < -0.3 is 15.8 Å². The molecule has 0 radical (unpaired) electrons. The highest BCUT2D eigenvalue weighted by molar-refractivity contribution is 5.78. The zero-order valence-electron chi connectivity index (χ0n) is 10.7. The molecule has 1 aromatic carbocycles. The Morgan fingerprint density at radius 3 is 2.89 bits per heavy atom. The molecule has 0 heterocycles. The average Bonchev–Trinajstić information content (AvgIpc) is 3.19. The minimum absolute atomic E-state index is 0.0484. The molecule has 1 aliphatic carbocycles. The van der Waals surface area contributed by atoms with E-state index in [1.807, 2.05) is 31.2 Å². The summed E-state index contributed by atoms with van der Waals surface area (Å²) >= 11 is 0. The summed E-state index contributed by atoms with van der Waals surface area (Å²) in [5, 5.41) is 2.89. The van der Waals surface area contributed by atoms with Crippen LogP contribution in [-0.2, 0) is 4.79 Å². The highest BCUT2D eigenvalue weighted by atomic mass is 16.5. The molecular formula is C14H20N2O2. The predicted octanol–water partition coefficient (Wildman–Crippen LogP) is 1.75. The number of nitrogens with one attached hydrogen (secondary N) is 1. The maximum absolute atomic E-state index is 11.6. The number of benzene rings is 1. The third-order valence-corrected chi connectivity index (χ3v) is 3.06. The molecule has 1 saturated carbocycles. The number of nitrogens with two attached hydrogens (primary N) is 1. The summed E-state index contributed by atoms with van der Waals surface area (Å²) in [5.41, 5.74) is 6.97. The Balaban J connectivity index is 1.93. The van der Waals surface area contributed by atoms with E-state index in [-0.39, 0.29) is 18.6 Å². The maximum Gasteiger partial charge on any atom is 0.258 e. The van der Waals surface area contributed by atoms with Crippen molar-refractivity contribution in [2.75, 3.05) is 6.61 Å². The van der Waals surface area contributed by atoms with Gasteiger partial charge in [0, 0.05) is 17.6 Å². The van der Waals surface area contributed by atoms with Gasteiger partial charge in [-0.05, 0) is 25.3 Å². The molecule has 1 atom stereocenters. The van der Waals surface area contributed by atoms with Crippen LogP contribution in [0.3, 0.4) is 0 Å². The molecule has 0 bridgehead atoms. The lowest BCUT2D eigenvalue weighted by Crippen LogP contribution is -2.30. The second-order valence-corrected chi connectivity index (χ2v) is 4.68. The van der Waals surface area contributed by atoms with Crippen LogP contribution in [-0.4, -0.2) is 18.6 Å². The van der Waals surface area contributed by atoms with Crippen LogP contribution in [0.4, 0.5) is 0 Å². The molecule has 3 N–H and O–H groups in total. The van der Waals surface area contributed by atoms with E-state index >= 15 is 0 Å². The third kappa shape index (κ3) is 3.47. The van der Waals surface area contributed by atoms with Gasteiger partial charge in [-0.15, -0.1) is 0 Å². The van der Waals surface area contributed by atoms with Gasteiger partial charge in [0.25, 0.3) is 5.91 Å². The molecule has 1 fully saturated rings. The van der Waals surface area contributed by atoms with Crippen molar-refractivity contribution in [3.05, 3.63) is 29.8 Å². The summed E-state index contributed by atoms with van der Waals surface area (Å²) in [4.78, 5) is 11.6. The first-order chi connectivity index (χ1) is 8.70. The van der Waals surface area contributed by atoms with Crippen molar-refractivity contribution >= 4 is 5.91 Å². The van der Waals surface area contributed by atoms with Crippen molar-refractivity contribution in [2.24, 2.45) is 5.73 Å². The van der Waals surface area contributed by atoms with Crippen molar-refractivity contribution < 1.29 is 9.53 Å². The van der Waals surface area contributed by atoms with E-state index in [1.165, 1.54) is 0 Å². The van der Waals surface area contributed by atoms with Crippen LogP contribution in [0.15, 0.2) is 24.3 Å². The van der Waals surface area contributed by atoms with Gasteiger partial charge in [-0.3, -0.25) is 4.79 Å². The predicted molar refractivity (Wildman–Crippen MR) is 70.3 cm³/mol. The third-order valence-electron chi connectivity index (χ3n) is 3.06. The summed E-state index contributed by atoms with van der Waals surface area (Å²) < 4.78 is 5.56. The fraction of sp³-hybridized carbons (Fsp3) is 0.500. The molecule has 0 spiro atoms. The molecule has 98 valence electrons. The number of amides is 1. The summed E-state index contributed by atoms with van der Waals surface area (Å²) in [6, 6.07) is 7.95. The van der Waals surface area contributed by atoms with Gasteiger partial charge in [-0.25, -0.2) is 0 Å². The normalized spacial score (nSPS) is 16.1. The molecule has 2 rings (SSSR count). The first kappa shape index (κ1) is 12.9. The van der Waals surface area contributed by atoms with Crippen molar-refractivity contribution in [3.8, 4) is 5.75 Å². The molecule has 4 nitrogen and oxygen atoms in total. The van der Waals surface area contributed by atoms with Gasteiger partial charge >= 0.3 is 0 Å². The molecule has 4 heteroatoms. The number of hydrogen-bond donors (Lipinski definition) is 2. The van der Waals surface area contributed by atoms with Crippen molar-refractivity contribution in [1.82, 2.24) is 5.32 Å². The lowest BCUT2D eigenvalue weighted by atomic mass is 10.0. The van der Waals surface area contributed by atoms with Crippen LogP contribution >= 0.6 is 0 Å². The fourth-order valence-corrected chi connectivity index (χ4v) is 1.78. The number of rotatable bonds is 6. The number of ether oxygens (including phenoxy) is 1. The first-order valence-electron chi connectivity index (χ1n) is 6.47. The number of carbonyl (C=O) groups is 1. The van der Waals surface area contributed by atoms with Gasteiger partial charge in [0.05, 0.1) is 0 Å². The Kier molecular flexibility index (Phi) is 4.20. The molecule has 0 unspecified atom stereocenters. The first-order valence-corrected chi connectivity index (χ1v) is 6.47. The summed E-state index contributed by atoms with van der Waals surface area (Å²) in [6.45, 7) is 2.09. The monoisotopic (exact) mass is 248 g/mol. The summed E-state index contributed by atoms with van der Waals surface area (Å²) in [6.07, 6.45) is 3.01. The zero-order valence-corrected chi connectivity index (χ0v) is 10.7. The van der Waals surface area contributed by atoms with E-state index in [2.05, 4.69) is 5.32 Å². The smallest absolute Gasteiger partial charge is 0.258 e. The second kappa shape index (κ2) is 5.87. The van der Waals surface area contributed by atoms with E-state index in [9.17, 15) is 4.79 Å². The zero-order chi connectivity index (χ0) is 13.0. The van der Waals surface area contributed by atoms with E-state index in [4.69, 9.17) is 10.5 Å². The molecule has 1 aliphatic rings. The standard InChI is InChI=1S/C14H20N2O2/c1-2-12(15)11-5-3-4-6-13(11)18-9-14(17)16-10-7-8-10/h3-6,10,12H,2,7-9,15H2,1H3,(H,16,17)/t12-/m0/s1. The minimum atomic E-state index is -0.0580. The number of para-hydroxylation sites is 1. The van der Waals surface area contributed by atoms with E-state index in [1.54, 1.807) is 0 Å². The topological polar surface area (TPSA) is 64.3 Å². The van der Waals surface area contributed by atoms with Gasteiger partial charge in [0.2, 0.25) is 0 Å². The van der Waals surface area contributed by atoms with E-state index < -0.39 is 0 Å². The quantitative estimate of drug-likeness (QED) is 0.806. The highest BCUT2D eigenvalue weighted by Gasteiger charge is 2.23. The van der Waals surface area contributed by atoms with Crippen LogP contribution in [0.5, 0.6) is 5.75 Å². The lowest BCUT2D eigenvalue weighted by molar-refractivity contribution is -0.123. The van der Waals surface area contributed by atoms with Gasteiger partial charge in [0.15, 0.2) is 6.61 Å². The van der Waals surface area contributed by atoms with Crippen LogP contribution < -0.4 is 15.8 Å². The summed E-state index contributed by atoms with van der Waals surface area (Å²) in [7, 11) is 0. The van der Waals surface area contributed by atoms with E-state index in [0.29, 0.717) is 11.8 Å². The van der Waals surface area contributed by atoms with Crippen LogP contribution in [0.1, 0.15) is 37.8 Å². The molecule has 0 aliphatic heterocycles. The second-order valence-electron chi connectivity index (χ2n) is 4.68. The Morgan fingerprint density at radius 2 is 2.22 bits per heavy atom. The van der Waals surface area contributed by atoms with Gasteiger partial charge in [-0.1, -0.05) is 25.1 Å². The highest BCUT2D eigenvalue weighted by Crippen LogP contribution is 2.25. The molecule has 1 aromatic rings. The van der Waals surface area contributed by atoms with Crippen LogP contribution in [0, 0.1) is 0 Å². The van der Waals surface area contributed by atoms with Crippen molar-refractivity contribution in [2.45, 2.75) is 38.3 Å². The Morgan fingerprint density at radius 1 is 1.50 bits per heavy atom. The Bertz CT molecular complexity index is 416. The number of hydrogen-bond acceptors (Lipinski definition) is 3. The van der Waals surface area contributed by atoms with Crippen molar-refractivity contribution in [3.63, 3.8) is 0 Å². The number of carbonyl (C=O) groups excluding carboxylic acids is 1. The molecular weight excluding hydrogens is 228 g/mol. The summed E-state index contributed by atoms with van der Waals surface area (Å²) in [5.74, 6) is 0.648. The van der Waals surface area contributed by atoms with Gasteiger partial charge in [-0.2, -0.15) is 0 Å². The molecule has 1 amide bonds. The molecule has 0 saturated heterocycles. The minimum Gasteiger partial charge on any atom is -0.483 e. The maximum atomic E-state index is 11.6. The average molecular weight is 248 g/mol. The van der Waals surface area contributed by atoms with E-state index in [0.717, 1.165) is 24.8 Å². The Labute approximate surface area is 108 Å². The lowest BCUT2D eigenvalue weighted by Gasteiger charge is -2.15. The van der Waals surface area contributed by atoms with Crippen LogP contribution in [0.25, 0.3) is 0 Å². The Hall–Kier alpha value is -1.55. The van der Waals surface area contributed by atoms with Crippen LogP contribution in [0.2, 0.25) is 0 Å². The largest absolute Gasteiger partial charge is 0.483 e. The van der Waals surface area contributed by atoms with Crippen molar-refractivity contribution in [1.29, 1.82) is 0 Å². The van der Waals surface area contributed by atoms with Gasteiger partial charge in [0.1, 0.15) is 5.75 Å². The molecule has 18 heavy (non-hydrogen) atoms. The fourth-order valence-electron chi connectivity index (χ4n) is 1.78. The molecule has 0 aromatic heterocycles.